The minimum absolute atomic E-state index is 0.126. The summed E-state index contributed by atoms with van der Waals surface area (Å²) in [5.74, 6) is 0.608. The van der Waals surface area contributed by atoms with Crippen molar-refractivity contribution in [1.82, 2.24) is 5.32 Å². The van der Waals surface area contributed by atoms with Crippen LogP contribution in [0.2, 0.25) is 0 Å². The topological polar surface area (TPSA) is 62.9 Å². The molecule has 0 bridgehead atoms. The van der Waals surface area contributed by atoms with Gasteiger partial charge in [0.2, 0.25) is 0 Å². The largest absolute Gasteiger partial charge is 0.368 e. The number of para-hydroxylation sites is 1. The SMILES string of the molecule is N#CC(C#N)=C1NCCN1c1ccccc1. The molecule has 0 radical (unpaired) electrons. The van der Waals surface area contributed by atoms with E-state index in [0.29, 0.717) is 5.82 Å². The Bertz CT molecular complexity index is 474. The number of nitriles is 2. The van der Waals surface area contributed by atoms with Crippen LogP contribution in [0.3, 0.4) is 0 Å². The molecule has 0 atom stereocenters. The summed E-state index contributed by atoms with van der Waals surface area (Å²) >= 11 is 0. The second-order valence-electron chi connectivity index (χ2n) is 3.36. The Kier molecular flexibility index (Phi) is 2.75. The normalized spacial score (nSPS) is 13.9. The van der Waals surface area contributed by atoms with E-state index in [4.69, 9.17) is 10.5 Å². The van der Waals surface area contributed by atoms with E-state index in [-0.39, 0.29) is 5.57 Å². The molecule has 0 aromatic heterocycles. The average molecular weight is 210 g/mol. The molecule has 78 valence electrons. The fourth-order valence-corrected chi connectivity index (χ4v) is 1.71. The summed E-state index contributed by atoms with van der Waals surface area (Å²) in [6.07, 6.45) is 0. The fourth-order valence-electron chi connectivity index (χ4n) is 1.71. The van der Waals surface area contributed by atoms with Gasteiger partial charge in [0.15, 0.2) is 5.57 Å². The molecule has 0 saturated carbocycles. The summed E-state index contributed by atoms with van der Waals surface area (Å²) in [6.45, 7) is 1.52. The number of hydrogen-bond acceptors (Lipinski definition) is 4. The molecule has 1 aromatic carbocycles. The lowest BCUT2D eigenvalue weighted by atomic mass is 10.2. The van der Waals surface area contributed by atoms with Crippen LogP contribution in [-0.2, 0) is 0 Å². The van der Waals surface area contributed by atoms with Gasteiger partial charge < -0.3 is 10.2 Å². The maximum atomic E-state index is 8.85. The molecule has 0 aliphatic carbocycles. The molecule has 16 heavy (non-hydrogen) atoms. The quantitative estimate of drug-likeness (QED) is 0.711. The fraction of sp³-hybridized carbons (Fsp3) is 0.167. The van der Waals surface area contributed by atoms with Crippen LogP contribution < -0.4 is 10.2 Å². The molecule has 1 fully saturated rings. The third kappa shape index (κ3) is 1.69. The number of benzene rings is 1. The van der Waals surface area contributed by atoms with Gasteiger partial charge in [0, 0.05) is 18.8 Å². The van der Waals surface area contributed by atoms with Crippen LogP contribution in [0, 0.1) is 22.7 Å². The zero-order chi connectivity index (χ0) is 11.4. The molecule has 1 saturated heterocycles. The zero-order valence-electron chi connectivity index (χ0n) is 8.64. The Labute approximate surface area is 94.0 Å². The smallest absolute Gasteiger partial charge is 0.170 e. The highest BCUT2D eigenvalue weighted by Gasteiger charge is 2.21. The van der Waals surface area contributed by atoms with Gasteiger partial charge in [-0.05, 0) is 12.1 Å². The van der Waals surface area contributed by atoms with Crippen LogP contribution in [0.25, 0.3) is 0 Å². The van der Waals surface area contributed by atoms with E-state index in [0.717, 1.165) is 18.8 Å². The first-order valence-corrected chi connectivity index (χ1v) is 4.97. The van der Waals surface area contributed by atoms with Crippen molar-refractivity contribution in [1.29, 1.82) is 10.5 Å². The molecule has 1 aromatic rings. The Morgan fingerprint density at radius 2 is 1.88 bits per heavy atom. The highest BCUT2D eigenvalue weighted by molar-refractivity contribution is 5.57. The molecule has 4 heteroatoms. The van der Waals surface area contributed by atoms with Crippen LogP contribution in [-0.4, -0.2) is 13.1 Å². The van der Waals surface area contributed by atoms with Crippen molar-refractivity contribution in [2.45, 2.75) is 0 Å². The summed E-state index contributed by atoms with van der Waals surface area (Å²) in [5, 5.41) is 20.8. The third-order valence-electron chi connectivity index (χ3n) is 2.43. The molecule has 1 aliphatic heterocycles. The first kappa shape index (κ1) is 10.1. The number of rotatable bonds is 1. The third-order valence-corrected chi connectivity index (χ3v) is 2.43. The highest BCUT2D eigenvalue weighted by atomic mass is 15.3. The lowest BCUT2D eigenvalue weighted by Gasteiger charge is -2.18. The molecule has 0 amide bonds. The minimum atomic E-state index is 0.126. The molecule has 4 nitrogen and oxygen atoms in total. The molecule has 1 aliphatic rings. The van der Waals surface area contributed by atoms with Crippen LogP contribution in [0.4, 0.5) is 5.69 Å². The van der Waals surface area contributed by atoms with Gasteiger partial charge in [0.05, 0.1) is 0 Å². The van der Waals surface area contributed by atoms with Gasteiger partial charge in [0.1, 0.15) is 18.0 Å². The molecule has 1 heterocycles. The predicted molar refractivity (Wildman–Crippen MR) is 60.0 cm³/mol. The average Bonchev–Trinajstić information content (AvgIpc) is 2.81. The van der Waals surface area contributed by atoms with Crippen LogP contribution in [0.1, 0.15) is 0 Å². The van der Waals surface area contributed by atoms with Crippen molar-refractivity contribution < 1.29 is 0 Å². The van der Waals surface area contributed by atoms with Crippen molar-refractivity contribution in [2.24, 2.45) is 0 Å². The lowest BCUT2D eigenvalue weighted by molar-refractivity contribution is 0.943. The van der Waals surface area contributed by atoms with Crippen molar-refractivity contribution >= 4 is 5.69 Å². The minimum Gasteiger partial charge on any atom is -0.368 e. The Balaban J connectivity index is 2.41. The molecule has 0 unspecified atom stereocenters. The Morgan fingerprint density at radius 1 is 1.19 bits per heavy atom. The van der Waals surface area contributed by atoms with E-state index >= 15 is 0 Å². The van der Waals surface area contributed by atoms with Crippen molar-refractivity contribution in [2.75, 3.05) is 18.0 Å². The molecule has 1 N–H and O–H groups in total. The van der Waals surface area contributed by atoms with E-state index in [1.807, 2.05) is 47.4 Å². The lowest BCUT2D eigenvalue weighted by Crippen LogP contribution is -2.20. The monoisotopic (exact) mass is 210 g/mol. The maximum Gasteiger partial charge on any atom is 0.170 e. The second-order valence-corrected chi connectivity index (χ2v) is 3.36. The van der Waals surface area contributed by atoms with Crippen LogP contribution >= 0.6 is 0 Å². The number of anilines is 1. The molecular weight excluding hydrogens is 200 g/mol. The molecule has 0 spiro atoms. The molecule has 2 rings (SSSR count). The second kappa shape index (κ2) is 4.37. The van der Waals surface area contributed by atoms with Gasteiger partial charge in [-0.25, -0.2) is 0 Å². The van der Waals surface area contributed by atoms with Crippen molar-refractivity contribution in [3.05, 3.63) is 41.7 Å². The van der Waals surface area contributed by atoms with E-state index in [9.17, 15) is 0 Å². The summed E-state index contributed by atoms with van der Waals surface area (Å²) in [4.78, 5) is 1.95. The molecular formula is C12H10N4. The van der Waals surface area contributed by atoms with E-state index in [1.54, 1.807) is 0 Å². The number of allylic oxidation sites excluding steroid dienone is 1. The van der Waals surface area contributed by atoms with Gasteiger partial charge in [-0.3, -0.25) is 0 Å². The Hall–Kier alpha value is -2.46. The summed E-state index contributed by atoms with van der Waals surface area (Å²) in [6, 6.07) is 13.5. The van der Waals surface area contributed by atoms with E-state index in [2.05, 4.69) is 5.32 Å². The zero-order valence-corrected chi connectivity index (χ0v) is 8.64. The van der Waals surface area contributed by atoms with Gasteiger partial charge in [0.25, 0.3) is 0 Å². The summed E-state index contributed by atoms with van der Waals surface area (Å²) in [7, 11) is 0. The van der Waals surface area contributed by atoms with Crippen molar-refractivity contribution in [3.8, 4) is 12.1 Å². The van der Waals surface area contributed by atoms with E-state index < -0.39 is 0 Å². The first-order chi connectivity index (χ1) is 7.86. The van der Waals surface area contributed by atoms with Gasteiger partial charge in [-0.2, -0.15) is 10.5 Å². The summed E-state index contributed by atoms with van der Waals surface area (Å²) in [5.41, 5.74) is 1.12. The van der Waals surface area contributed by atoms with Crippen molar-refractivity contribution in [3.63, 3.8) is 0 Å². The van der Waals surface area contributed by atoms with Gasteiger partial charge >= 0.3 is 0 Å². The standard InChI is InChI=1S/C12H10N4/c13-8-10(9-14)12-15-6-7-16(12)11-4-2-1-3-5-11/h1-5,15H,6-7H2. The Morgan fingerprint density at radius 3 is 2.50 bits per heavy atom. The van der Waals surface area contributed by atoms with Crippen LogP contribution in [0.5, 0.6) is 0 Å². The summed E-state index contributed by atoms with van der Waals surface area (Å²) < 4.78 is 0. The van der Waals surface area contributed by atoms with Gasteiger partial charge in [-0.15, -0.1) is 0 Å². The van der Waals surface area contributed by atoms with Crippen LogP contribution in [0.15, 0.2) is 41.7 Å². The predicted octanol–water partition coefficient (Wildman–Crippen LogP) is 1.35. The van der Waals surface area contributed by atoms with E-state index in [1.165, 1.54) is 0 Å². The highest BCUT2D eigenvalue weighted by Crippen LogP contribution is 2.21. The number of hydrogen-bond donors (Lipinski definition) is 1. The first-order valence-electron chi connectivity index (χ1n) is 4.97. The maximum absolute atomic E-state index is 8.85. The number of nitrogens with zero attached hydrogens (tertiary/aromatic N) is 3. The number of nitrogens with one attached hydrogen (secondary N) is 1. The van der Waals surface area contributed by atoms with Gasteiger partial charge in [-0.1, -0.05) is 18.2 Å².